The Morgan fingerprint density at radius 2 is 0.707 bits per heavy atom. The van der Waals surface area contributed by atoms with E-state index in [2.05, 4.69) is 13.2 Å². The first-order valence-corrected chi connectivity index (χ1v) is 21.8. The molecule has 0 saturated heterocycles. The van der Waals surface area contributed by atoms with Crippen LogP contribution >= 0.6 is 0 Å². The van der Waals surface area contributed by atoms with E-state index in [0.29, 0.717) is 48.7 Å². The van der Waals surface area contributed by atoms with E-state index in [1.807, 2.05) is 48.5 Å². The second-order valence-electron chi connectivity index (χ2n) is 13.4. The second-order valence-corrected chi connectivity index (χ2v) is 17.8. The maximum Gasteiger partial charge on any atom is 0.219 e. The number of rotatable bonds is 24. The highest BCUT2D eigenvalue weighted by Gasteiger charge is 2.33. The lowest BCUT2D eigenvalue weighted by molar-refractivity contribution is 0.276. The maximum absolute atomic E-state index is 13.3. The topological polar surface area (TPSA) is 152 Å². The molecule has 4 aromatic rings. The van der Waals surface area contributed by atoms with Gasteiger partial charge in [0, 0.05) is 26.2 Å². The van der Waals surface area contributed by atoms with Gasteiger partial charge in [-0.2, -0.15) is 8.61 Å². The third kappa shape index (κ3) is 14.3. The fourth-order valence-electron chi connectivity index (χ4n) is 5.91. The summed E-state index contributed by atoms with van der Waals surface area (Å²) in [7, 11) is -1.14. The quantitative estimate of drug-likeness (QED) is 0.0728. The number of aliphatic hydroxyl groups excluding tert-OH is 2. The average molecular weight is 839 g/mol. The van der Waals surface area contributed by atoms with E-state index in [1.54, 1.807) is 89.1 Å². The molecular formula is C44H58N2O10S2. The lowest BCUT2D eigenvalue weighted by Gasteiger charge is -2.27. The number of methoxy groups -OCH3 is 4. The monoisotopic (exact) mass is 838 g/mol. The molecule has 4 aromatic carbocycles. The Bertz CT molecular complexity index is 1780. The largest absolute Gasteiger partial charge is 0.497 e. The number of benzene rings is 4. The van der Waals surface area contributed by atoms with Crippen molar-refractivity contribution in [2.75, 3.05) is 41.7 Å². The molecule has 2 N–H and O–H groups in total. The van der Waals surface area contributed by atoms with Crippen LogP contribution in [-0.4, -0.2) is 87.8 Å². The van der Waals surface area contributed by atoms with E-state index in [1.165, 1.54) is 8.61 Å². The lowest BCUT2D eigenvalue weighted by Crippen LogP contribution is -2.39. The molecule has 2 atom stereocenters. The van der Waals surface area contributed by atoms with Crippen LogP contribution in [0.2, 0.25) is 0 Å². The number of aliphatic hydroxyl groups is 2. The number of nitrogens with zero attached hydrogens (tertiary/aromatic N) is 2. The number of hydrogen-bond acceptors (Lipinski definition) is 10. The van der Waals surface area contributed by atoms with Gasteiger partial charge in [0.05, 0.1) is 52.2 Å². The van der Waals surface area contributed by atoms with Gasteiger partial charge < -0.3 is 29.2 Å². The molecule has 0 unspecified atom stereocenters. The molecular weight excluding hydrogens is 781 g/mol. The van der Waals surface area contributed by atoms with Gasteiger partial charge in [0.2, 0.25) is 20.0 Å². The molecule has 0 aromatic heterocycles. The Hall–Kier alpha value is -4.70. The van der Waals surface area contributed by atoms with Gasteiger partial charge in [0.25, 0.3) is 0 Å². The second kappa shape index (κ2) is 24.3. The predicted molar refractivity (Wildman–Crippen MR) is 229 cm³/mol. The molecule has 14 heteroatoms. The number of allylic oxidation sites excluding steroid dienone is 2. The molecule has 316 valence electrons. The molecule has 0 amide bonds. The third-order valence-corrected chi connectivity index (χ3v) is 13.8. The van der Waals surface area contributed by atoms with Gasteiger partial charge in [0.15, 0.2) is 0 Å². The molecule has 0 saturated carbocycles. The van der Waals surface area contributed by atoms with Gasteiger partial charge in [-0.1, -0.05) is 60.7 Å². The normalized spacial score (nSPS) is 12.6. The number of ether oxygens (including phenoxy) is 4. The Balaban J connectivity index is 0.000000310. The maximum atomic E-state index is 13.3. The van der Waals surface area contributed by atoms with Crippen LogP contribution in [0, 0.1) is 0 Å². The highest BCUT2D eigenvalue weighted by molar-refractivity contribution is 7.90. The van der Waals surface area contributed by atoms with Crippen LogP contribution in [0.4, 0.5) is 0 Å². The molecule has 0 spiro atoms. The van der Waals surface area contributed by atoms with Gasteiger partial charge in [0.1, 0.15) is 23.0 Å². The van der Waals surface area contributed by atoms with Gasteiger partial charge in [-0.15, -0.1) is 13.2 Å². The first-order chi connectivity index (χ1) is 27.9. The zero-order valence-corrected chi connectivity index (χ0v) is 35.5. The fourth-order valence-corrected chi connectivity index (χ4v) is 9.31. The number of hydrogen-bond donors (Lipinski definition) is 2. The fraction of sp³-hybridized carbons (Fsp3) is 0.364. The van der Waals surface area contributed by atoms with Crippen molar-refractivity contribution in [3.05, 3.63) is 145 Å². The Morgan fingerprint density at radius 3 is 0.879 bits per heavy atom. The van der Waals surface area contributed by atoms with Crippen LogP contribution in [0.1, 0.15) is 47.9 Å². The molecule has 0 bridgehead atoms. The minimum atomic E-state index is -3.74. The summed E-state index contributed by atoms with van der Waals surface area (Å²) in [6.07, 6.45) is 5.01. The van der Waals surface area contributed by atoms with E-state index in [4.69, 9.17) is 18.9 Å². The summed E-state index contributed by atoms with van der Waals surface area (Å²) in [6.45, 7) is 7.22. The van der Waals surface area contributed by atoms with Crippen LogP contribution in [-0.2, 0) is 46.2 Å². The first-order valence-electron chi connectivity index (χ1n) is 18.8. The van der Waals surface area contributed by atoms with Gasteiger partial charge in [-0.25, -0.2) is 16.8 Å². The minimum Gasteiger partial charge on any atom is -0.497 e. The summed E-state index contributed by atoms with van der Waals surface area (Å²) in [5.74, 6) is 2.82. The molecule has 58 heavy (non-hydrogen) atoms. The van der Waals surface area contributed by atoms with Gasteiger partial charge in [-0.3, -0.25) is 0 Å². The summed E-state index contributed by atoms with van der Waals surface area (Å²) in [6, 6.07) is 29.1. The van der Waals surface area contributed by atoms with Gasteiger partial charge in [-0.05, 0) is 96.5 Å². The summed E-state index contributed by atoms with van der Waals surface area (Å²) in [5, 5.41) is 17.7. The molecule has 0 radical (unpaired) electrons. The standard InChI is InChI=1S/2C22H29NO5S/c2*1-4-5-6-22(17-24)29(25,26)23(15-18-7-11-20(27-2)12-8-18)16-19-9-13-21(28-3)14-10-19/h2*4,7-14,22,24H,1,5-6,15-17H2,2-3H3/t2*22-/m10/s1. The molecule has 4 rings (SSSR count). The molecule has 0 aliphatic heterocycles. The van der Waals surface area contributed by atoms with Crippen LogP contribution in [0.5, 0.6) is 23.0 Å². The minimum absolute atomic E-state index is 0.197. The van der Waals surface area contributed by atoms with Crippen LogP contribution in [0.15, 0.2) is 122 Å². The smallest absolute Gasteiger partial charge is 0.219 e. The molecule has 0 heterocycles. The Kier molecular flexibility index (Phi) is 20.0. The van der Waals surface area contributed by atoms with Crippen molar-refractivity contribution >= 4 is 20.0 Å². The molecule has 0 aliphatic rings. The zero-order chi connectivity index (χ0) is 42.6. The highest BCUT2D eigenvalue weighted by Crippen LogP contribution is 2.25. The Morgan fingerprint density at radius 1 is 0.483 bits per heavy atom. The number of sulfonamides is 2. The van der Waals surface area contributed by atoms with Crippen molar-refractivity contribution < 1.29 is 46.0 Å². The van der Waals surface area contributed by atoms with E-state index >= 15 is 0 Å². The van der Waals surface area contributed by atoms with Crippen molar-refractivity contribution in [1.82, 2.24) is 8.61 Å². The van der Waals surface area contributed by atoms with E-state index in [0.717, 1.165) is 22.3 Å². The summed E-state index contributed by atoms with van der Waals surface area (Å²) in [4.78, 5) is 0. The molecule has 0 fully saturated rings. The first kappa shape index (κ1) is 47.7. The molecule has 12 nitrogen and oxygen atoms in total. The summed E-state index contributed by atoms with van der Waals surface area (Å²) < 4.78 is 76.7. The zero-order valence-electron chi connectivity index (χ0n) is 33.9. The van der Waals surface area contributed by atoms with E-state index in [-0.39, 0.29) is 26.2 Å². The Labute approximate surface area is 345 Å². The summed E-state index contributed by atoms with van der Waals surface area (Å²) in [5.41, 5.74) is 3.35. The van der Waals surface area contributed by atoms with Gasteiger partial charge >= 0.3 is 0 Å². The average Bonchev–Trinajstić information content (AvgIpc) is 3.24. The van der Waals surface area contributed by atoms with Crippen molar-refractivity contribution in [2.45, 2.75) is 62.4 Å². The van der Waals surface area contributed by atoms with Crippen LogP contribution in [0.25, 0.3) is 0 Å². The highest BCUT2D eigenvalue weighted by atomic mass is 32.2. The summed E-state index contributed by atoms with van der Waals surface area (Å²) >= 11 is 0. The SMILES string of the molecule is C=CCC[C@@H](CO)S(=O)(=O)N(Cc1ccc(OC)cc1)Cc1ccc(OC)cc1.C=CCC[C@H](CO)S(=O)(=O)N(Cc1ccc(OC)cc1)Cc1ccc(OC)cc1. The molecule has 0 aliphatic carbocycles. The van der Waals surface area contributed by atoms with Crippen molar-refractivity contribution in [3.8, 4) is 23.0 Å². The predicted octanol–water partition coefficient (Wildman–Crippen LogP) is 6.73. The third-order valence-electron chi connectivity index (χ3n) is 9.43. The van der Waals surface area contributed by atoms with Crippen LogP contribution in [0.3, 0.4) is 0 Å². The van der Waals surface area contributed by atoms with Crippen molar-refractivity contribution in [3.63, 3.8) is 0 Å². The van der Waals surface area contributed by atoms with E-state index < -0.39 is 43.8 Å². The van der Waals surface area contributed by atoms with Crippen LogP contribution < -0.4 is 18.9 Å². The van der Waals surface area contributed by atoms with E-state index in [9.17, 15) is 27.0 Å². The lowest BCUT2D eigenvalue weighted by atomic mass is 10.2. The van der Waals surface area contributed by atoms with Crippen molar-refractivity contribution in [2.24, 2.45) is 0 Å². The van der Waals surface area contributed by atoms with Crippen molar-refractivity contribution in [1.29, 1.82) is 0 Å².